The van der Waals surface area contributed by atoms with E-state index in [9.17, 15) is 0 Å². The molecule has 1 aliphatic rings. The van der Waals surface area contributed by atoms with E-state index in [0.29, 0.717) is 5.82 Å². The van der Waals surface area contributed by atoms with Crippen LogP contribution in [0.5, 0.6) is 11.5 Å². The van der Waals surface area contributed by atoms with Gasteiger partial charge in [0.05, 0.1) is 16.8 Å². The molecule has 3 nitrogen and oxygen atoms in total. The van der Waals surface area contributed by atoms with E-state index in [-0.39, 0.29) is 0 Å². The maximum absolute atomic E-state index is 6.79. The first-order chi connectivity index (χ1) is 27.7. The van der Waals surface area contributed by atoms with Crippen LogP contribution in [0.25, 0.3) is 56.2 Å². The number of para-hydroxylation sites is 1. The molecule has 0 amide bonds. The summed E-state index contributed by atoms with van der Waals surface area (Å²) in [4.78, 5) is 10.2. The minimum atomic E-state index is -0.548. The molecule has 3 heteroatoms. The molecule has 10 rings (SSSR count). The Morgan fingerprint density at radius 2 is 0.732 bits per heavy atom. The highest BCUT2D eigenvalue weighted by Gasteiger charge is 2.45. The van der Waals surface area contributed by atoms with Gasteiger partial charge >= 0.3 is 0 Å². The van der Waals surface area contributed by atoms with E-state index in [2.05, 4.69) is 182 Å². The zero-order chi connectivity index (χ0) is 37.3. The van der Waals surface area contributed by atoms with Crippen molar-refractivity contribution < 1.29 is 4.74 Å². The summed E-state index contributed by atoms with van der Waals surface area (Å²) in [5.41, 5.74) is 13.4. The topological polar surface area (TPSA) is 35.0 Å². The lowest BCUT2D eigenvalue weighted by atomic mass is 9.63. The SMILES string of the molecule is c1ccc(-c2cc(-c3ccccc3)nc(-c3cccc(-c4cccc(-c5ccc6c(c5)Oc5ccccc5C6(c5ccccc5)c5ccccc5)c4)c3)n2)cc1. The molecule has 2 heterocycles. The van der Waals surface area contributed by atoms with Crippen molar-refractivity contribution in [2.75, 3.05) is 0 Å². The fourth-order valence-electron chi connectivity index (χ4n) is 8.20. The highest BCUT2D eigenvalue weighted by Crippen LogP contribution is 2.55. The highest BCUT2D eigenvalue weighted by molar-refractivity contribution is 5.79. The Labute approximate surface area is 327 Å². The van der Waals surface area contributed by atoms with Crippen LogP contribution < -0.4 is 4.74 Å². The molecule has 0 aliphatic carbocycles. The molecule has 0 saturated carbocycles. The zero-order valence-corrected chi connectivity index (χ0v) is 30.6. The van der Waals surface area contributed by atoms with Crippen molar-refractivity contribution in [3.8, 4) is 67.7 Å². The normalized spacial score (nSPS) is 12.6. The molecule has 56 heavy (non-hydrogen) atoms. The van der Waals surface area contributed by atoms with Crippen LogP contribution >= 0.6 is 0 Å². The molecule has 0 atom stereocenters. The number of hydrogen-bond donors (Lipinski definition) is 0. The van der Waals surface area contributed by atoms with Crippen LogP contribution in [0.4, 0.5) is 0 Å². The van der Waals surface area contributed by atoms with E-state index >= 15 is 0 Å². The summed E-state index contributed by atoms with van der Waals surface area (Å²) in [5, 5.41) is 0. The van der Waals surface area contributed by atoms with Crippen LogP contribution in [0, 0.1) is 0 Å². The molecular formula is C53H36N2O. The summed E-state index contributed by atoms with van der Waals surface area (Å²) in [6.07, 6.45) is 0. The molecule has 0 N–H and O–H groups in total. The second kappa shape index (κ2) is 14.1. The lowest BCUT2D eigenvalue weighted by Gasteiger charge is -2.41. The van der Waals surface area contributed by atoms with Crippen LogP contribution in [0.3, 0.4) is 0 Å². The van der Waals surface area contributed by atoms with Gasteiger partial charge in [0.1, 0.15) is 11.5 Å². The molecule has 0 unspecified atom stereocenters. The maximum atomic E-state index is 6.79. The van der Waals surface area contributed by atoms with E-state index in [4.69, 9.17) is 14.7 Å². The molecule has 1 aliphatic heterocycles. The Morgan fingerprint density at radius 1 is 0.304 bits per heavy atom. The Hall–Kier alpha value is -7.36. The van der Waals surface area contributed by atoms with Crippen molar-refractivity contribution >= 4 is 0 Å². The predicted molar refractivity (Wildman–Crippen MR) is 228 cm³/mol. The van der Waals surface area contributed by atoms with Gasteiger partial charge in [-0.1, -0.05) is 188 Å². The van der Waals surface area contributed by atoms with Crippen LogP contribution in [0.15, 0.2) is 218 Å². The Balaban J connectivity index is 1.06. The molecular weight excluding hydrogens is 681 g/mol. The van der Waals surface area contributed by atoms with Gasteiger partial charge in [0, 0.05) is 27.8 Å². The summed E-state index contributed by atoms with van der Waals surface area (Å²) < 4.78 is 6.79. The number of nitrogens with zero attached hydrogens (tertiary/aromatic N) is 2. The number of aromatic nitrogens is 2. The van der Waals surface area contributed by atoms with Gasteiger partial charge in [0.25, 0.3) is 0 Å². The first kappa shape index (κ1) is 33.2. The van der Waals surface area contributed by atoms with Gasteiger partial charge in [-0.05, 0) is 63.7 Å². The van der Waals surface area contributed by atoms with E-state index < -0.39 is 5.41 Å². The van der Waals surface area contributed by atoms with Crippen molar-refractivity contribution in [1.82, 2.24) is 9.97 Å². The minimum absolute atomic E-state index is 0.548. The fraction of sp³-hybridized carbons (Fsp3) is 0.0189. The fourth-order valence-corrected chi connectivity index (χ4v) is 8.20. The molecule has 9 aromatic rings. The molecule has 8 aromatic carbocycles. The third kappa shape index (κ3) is 5.87. The number of fused-ring (bicyclic) bond motifs is 2. The van der Waals surface area contributed by atoms with E-state index in [1.54, 1.807) is 0 Å². The van der Waals surface area contributed by atoms with Crippen LogP contribution in [-0.4, -0.2) is 9.97 Å². The van der Waals surface area contributed by atoms with Gasteiger partial charge in [0.15, 0.2) is 5.82 Å². The lowest BCUT2D eigenvalue weighted by Crippen LogP contribution is -2.34. The maximum Gasteiger partial charge on any atom is 0.160 e. The number of benzene rings is 8. The average Bonchev–Trinajstić information content (AvgIpc) is 3.29. The van der Waals surface area contributed by atoms with E-state index in [0.717, 1.165) is 73.0 Å². The average molecular weight is 717 g/mol. The van der Waals surface area contributed by atoms with Crippen LogP contribution in [-0.2, 0) is 5.41 Å². The molecule has 0 bridgehead atoms. The van der Waals surface area contributed by atoms with Crippen molar-refractivity contribution in [2.24, 2.45) is 0 Å². The van der Waals surface area contributed by atoms with Gasteiger partial charge in [-0.2, -0.15) is 0 Å². The third-order valence-electron chi connectivity index (χ3n) is 10.8. The Morgan fingerprint density at radius 3 is 1.30 bits per heavy atom. The first-order valence-electron chi connectivity index (χ1n) is 19.0. The van der Waals surface area contributed by atoms with Crippen molar-refractivity contribution in [3.63, 3.8) is 0 Å². The summed E-state index contributed by atoms with van der Waals surface area (Å²) >= 11 is 0. The molecule has 0 spiro atoms. The quantitative estimate of drug-likeness (QED) is 0.165. The summed E-state index contributed by atoms with van der Waals surface area (Å²) in [6.45, 7) is 0. The molecule has 264 valence electrons. The number of rotatable bonds is 7. The van der Waals surface area contributed by atoms with Gasteiger partial charge in [-0.25, -0.2) is 9.97 Å². The molecule has 0 fully saturated rings. The predicted octanol–water partition coefficient (Wildman–Crippen LogP) is 13.3. The van der Waals surface area contributed by atoms with Crippen LogP contribution in [0.1, 0.15) is 22.3 Å². The molecule has 0 saturated heterocycles. The van der Waals surface area contributed by atoms with Crippen molar-refractivity contribution in [1.29, 1.82) is 0 Å². The van der Waals surface area contributed by atoms with Crippen molar-refractivity contribution in [3.05, 3.63) is 241 Å². The second-order valence-corrected chi connectivity index (χ2v) is 14.1. The zero-order valence-electron chi connectivity index (χ0n) is 30.6. The molecule has 0 radical (unpaired) electrons. The van der Waals surface area contributed by atoms with Gasteiger partial charge in [0.2, 0.25) is 0 Å². The third-order valence-corrected chi connectivity index (χ3v) is 10.8. The Bertz CT molecular complexity index is 2720. The first-order valence-corrected chi connectivity index (χ1v) is 19.0. The highest BCUT2D eigenvalue weighted by atomic mass is 16.5. The monoisotopic (exact) mass is 716 g/mol. The van der Waals surface area contributed by atoms with Crippen LogP contribution in [0.2, 0.25) is 0 Å². The summed E-state index contributed by atoms with van der Waals surface area (Å²) in [6, 6.07) is 76.7. The standard InChI is InChI=1S/C53H36N2O/c1-5-17-37(18-6-1)48-36-49(38-19-7-2-8-20-38)55-52(54-48)43-24-16-23-41(34-43)39-21-15-22-40(33-39)42-31-32-47-51(35-42)56-50-30-14-13-29-46(50)53(47,44-25-9-3-10-26-44)45-27-11-4-12-28-45/h1-36H. The van der Waals surface area contributed by atoms with Crippen molar-refractivity contribution in [2.45, 2.75) is 5.41 Å². The lowest BCUT2D eigenvalue weighted by molar-refractivity contribution is 0.435. The van der Waals surface area contributed by atoms with E-state index in [1.807, 2.05) is 36.4 Å². The number of hydrogen-bond acceptors (Lipinski definition) is 3. The summed E-state index contributed by atoms with van der Waals surface area (Å²) in [7, 11) is 0. The second-order valence-electron chi connectivity index (χ2n) is 14.1. The minimum Gasteiger partial charge on any atom is -0.457 e. The Kier molecular flexibility index (Phi) is 8.38. The van der Waals surface area contributed by atoms with Gasteiger partial charge in [-0.3, -0.25) is 0 Å². The smallest absolute Gasteiger partial charge is 0.160 e. The van der Waals surface area contributed by atoms with Gasteiger partial charge < -0.3 is 4.74 Å². The van der Waals surface area contributed by atoms with E-state index in [1.165, 1.54) is 11.1 Å². The molecule has 1 aromatic heterocycles. The van der Waals surface area contributed by atoms with Gasteiger partial charge in [-0.15, -0.1) is 0 Å². The largest absolute Gasteiger partial charge is 0.457 e. The number of ether oxygens (including phenoxy) is 1. The summed E-state index contributed by atoms with van der Waals surface area (Å²) in [5.74, 6) is 2.41.